The zero-order chi connectivity index (χ0) is 25.8. The van der Waals surface area contributed by atoms with Crippen LogP contribution < -0.4 is 10.6 Å². The smallest absolute Gasteiger partial charge is 0.251 e. The highest BCUT2D eigenvalue weighted by Gasteiger charge is 2.27. The Balaban J connectivity index is 1.78. The molecule has 0 saturated heterocycles. The van der Waals surface area contributed by atoms with Crippen LogP contribution in [-0.2, 0) is 14.8 Å². The van der Waals surface area contributed by atoms with Crippen molar-refractivity contribution < 1.29 is 18.0 Å². The van der Waals surface area contributed by atoms with Crippen LogP contribution in [0.5, 0.6) is 0 Å². The second-order valence-corrected chi connectivity index (χ2v) is 12.2. The van der Waals surface area contributed by atoms with Crippen LogP contribution in [-0.4, -0.2) is 54.9 Å². The first-order valence-corrected chi connectivity index (χ1v) is 14.7. The molecule has 11 heteroatoms. The topological polar surface area (TPSA) is 108 Å². The van der Waals surface area contributed by atoms with Crippen LogP contribution in [0.4, 0.5) is 5.69 Å². The quantitative estimate of drug-likeness (QED) is 0.372. The molecule has 0 aliphatic carbocycles. The van der Waals surface area contributed by atoms with Crippen LogP contribution in [0.25, 0.3) is 10.2 Å². The molecule has 0 bridgehead atoms. The van der Waals surface area contributed by atoms with Crippen LogP contribution in [0.2, 0.25) is 0 Å². The Hall–Kier alpha value is -2.47. The molecule has 2 amide bonds. The number of rotatable bonds is 10. The summed E-state index contributed by atoms with van der Waals surface area (Å²) >= 11 is 3.11. The highest BCUT2D eigenvalue weighted by Crippen LogP contribution is 2.30. The van der Waals surface area contributed by atoms with Gasteiger partial charge >= 0.3 is 0 Å². The van der Waals surface area contributed by atoms with Crippen molar-refractivity contribution in [1.29, 1.82) is 0 Å². The molecule has 3 aromatic rings. The number of nitrogens with one attached hydrogen (secondary N) is 2. The number of anilines is 1. The van der Waals surface area contributed by atoms with Crippen LogP contribution in [0, 0.1) is 5.92 Å². The number of amides is 2. The summed E-state index contributed by atoms with van der Waals surface area (Å²) in [5.74, 6) is -1.07. The van der Waals surface area contributed by atoms with Gasteiger partial charge in [0.2, 0.25) is 15.9 Å². The summed E-state index contributed by atoms with van der Waals surface area (Å²) in [4.78, 5) is 30.6. The highest BCUT2D eigenvalue weighted by molar-refractivity contribution is 8.00. The Morgan fingerprint density at radius 3 is 2.46 bits per heavy atom. The van der Waals surface area contributed by atoms with Crippen molar-refractivity contribution in [3.63, 3.8) is 0 Å². The van der Waals surface area contributed by atoms with Crippen molar-refractivity contribution in [2.45, 2.75) is 43.0 Å². The standard InChI is InChI=1S/C24H30N4O4S3/c1-6-28(7-2)35(31,32)18-10-8-9-16(13-18)22(29)27-21(15(3)4)23(30)25-17-11-12-19-20(14-17)34-24(26-19)33-5/h8-15,21H,6-7H2,1-5H3,(H,25,30)(H,27,29)/t21-/m1/s1. The van der Waals surface area contributed by atoms with Crippen molar-refractivity contribution in [3.05, 3.63) is 48.0 Å². The molecule has 35 heavy (non-hydrogen) atoms. The third-order valence-electron chi connectivity index (χ3n) is 5.49. The Morgan fingerprint density at radius 1 is 1.11 bits per heavy atom. The lowest BCUT2D eigenvalue weighted by Crippen LogP contribution is -2.47. The van der Waals surface area contributed by atoms with Crippen LogP contribution >= 0.6 is 23.1 Å². The molecule has 1 aromatic heterocycles. The van der Waals surface area contributed by atoms with Gasteiger partial charge in [0, 0.05) is 24.3 Å². The number of hydrogen-bond donors (Lipinski definition) is 2. The maximum Gasteiger partial charge on any atom is 0.251 e. The van der Waals surface area contributed by atoms with Gasteiger partial charge in [-0.3, -0.25) is 9.59 Å². The van der Waals surface area contributed by atoms with Crippen molar-refractivity contribution >= 4 is 60.8 Å². The van der Waals surface area contributed by atoms with Gasteiger partial charge in [-0.2, -0.15) is 4.31 Å². The monoisotopic (exact) mass is 534 g/mol. The minimum Gasteiger partial charge on any atom is -0.340 e. The minimum absolute atomic E-state index is 0.0434. The molecule has 2 aromatic carbocycles. The zero-order valence-corrected chi connectivity index (χ0v) is 22.8. The Labute approximate surface area is 214 Å². The van der Waals surface area contributed by atoms with Crippen molar-refractivity contribution in [1.82, 2.24) is 14.6 Å². The Kier molecular flexibility index (Phi) is 8.92. The van der Waals surface area contributed by atoms with E-state index in [2.05, 4.69) is 15.6 Å². The van der Waals surface area contributed by atoms with Crippen molar-refractivity contribution in [2.24, 2.45) is 5.92 Å². The summed E-state index contributed by atoms with van der Waals surface area (Å²) in [6, 6.07) is 10.6. The predicted molar refractivity (Wildman–Crippen MR) is 143 cm³/mol. The third-order valence-corrected chi connectivity index (χ3v) is 9.54. The molecule has 3 rings (SSSR count). The van der Waals surface area contributed by atoms with Gasteiger partial charge in [0.1, 0.15) is 6.04 Å². The van der Waals surface area contributed by atoms with Gasteiger partial charge in [-0.1, -0.05) is 45.5 Å². The van der Waals surface area contributed by atoms with Gasteiger partial charge in [0.25, 0.3) is 5.91 Å². The lowest BCUT2D eigenvalue weighted by atomic mass is 10.0. The lowest BCUT2D eigenvalue weighted by molar-refractivity contribution is -0.118. The van der Waals surface area contributed by atoms with Gasteiger partial charge < -0.3 is 10.6 Å². The molecule has 188 valence electrons. The lowest BCUT2D eigenvalue weighted by Gasteiger charge is -2.22. The Bertz CT molecular complexity index is 1320. The van der Waals surface area contributed by atoms with E-state index in [4.69, 9.17) is 0 Å². The number of sulfonamides is 1. The van der Waals surface area contributed by atoms with Gasteiger partial charge in [0.15, 0.2) is 4.34 Å². The van der Waals surface area contributed by atoms with Crippen LogP contribution in [0.1, 0.15) is 38.1 Å². The first kappa shape index (κ1) is 27.1. The van der Waals surface area contributed by atoms with Crippen molar-refractivity contribution in [3.8, 4) is 0 Å². The average Bonchev–Trinajstić information content (AvgIpc) is 3.25. The number of thiazole rings is 1. The molecule has 0 spiro atoms. The highest BCUT2D eigenvalue weighted by atomic mass is 32.2. The second kappa shape index (κ2) is 11.5. The molecule has 0 aliphatic heterocycles. The summed E-state index contributed by atoms with van der Waals surface area (Å²) in [5, 5.41) is 5.65. The minimum atomic E-state index is -3.71. The fourth-order valence-electron chi connectivity index (χ4n) is 3.56. The van der Waals surface area contributed by atoms with Gasteiger partial charge in [-0.25, -0.2) is 13.4 Å². The summed E-state index contributed by atoms with van der Waals surface area (Å²) in [5.41, 5.74) is 1.66. The summed E-state index contributed by atoms with van der Waals surface area (Å²) in [6.45, 7) is 7.86. The van der Waals surface area contributed by atoms with E-state index in [1.54, 1.807) is 43.0 Å². The van der Waals surface area contributed by atoms with Gasteiger partial charge in [-0.05, 0) is 48.6 Å². The fraction of sp³-hybridized carbons (Fsp3) is 0.375. The SMILES string of the molecule is CCN(CC)S(=O)(=O)c1cccc(C(=O)N[C@@H](C(=O)Nc2ccc3nc(SC)sc3c2)C(C)C)c1. The first-order valence-electron chi connectivity index (χ1n) is 11.3. The second-order valence-electron chi connectivity index (χ2n) is 8.17. The third kappa shape index (κ3) is 6.21. The van der Waals surface area contributed by atoms with Crippen LogP contribution in [0.15, 0.2) is 51.7 Å². The fourth-order valence-corrected chi connectivity index (χ4v) is 6.59. The molecular weight excluding hydrogens is 504 g/mol. The number of fused-ring (bicyclic) bond motifs is 1. The van der Waals surface area contributed by atoms with E-state index in [0.717, 1.165) is 14.6 Å². The molecule has 0 unspecified atom stereocenters. The van der Waals surface area contributed by atoms with Gasteiger partial charge in [0.05, 0.1) is 15.1 Å². The predicted octanol–water partition coefficient (Wildman–Crippen LogP) is 4.44. The summed E-state index contributed by atoms with van der Waals surface area (Å²) < 4.78 is 28.9. The van der Waals surface area contributed by atoms with E-state index in [1.165, 1.54) is 28.6 Å². The number of benzene rings is 2. The van der Waals surface area contributed by atoms with E-state index in [1.807, 2.05) is 32.2 Å². The molecule has 0 fully saturated rings. The number of carbonyl (C=O) groups excluding carboxylic acids is 2. The molecule has 1 atom stereocenters. The van der Waals surface area contributed by atoms with E-state index in [9.17, 15) is 18.0 Å². The Morgan fingerprint density at radius 2 is 1.83 bits per heavy atom. The number of carbonyl (C=O) groups is 2. The molecule has 0 aliphatic rings. The maximum atomic E-state index is 13.1. The normalized spacial score (nSPS) is 12.8. The van der Waals surface area contributed by atoms with E-state index in [0.29, 0.717) is 18.8 Å². The molecular formula is C24H30N4O4S3. The maximum absolute atomic E-state index is 13.1. The summed E-state index contributed by atoms with van der Waals surface area (Å²) in [6.07, 6.45) is 1.96. The molecule has 8 nitrogen and oxygen atoms in total. The average molecular weight is 535 g/mol. The first-order chi connectivity index (χ1) is 16.6. The number of thioether (sulfide) groups is 1. The van der Waals surface area contributed by atoms with Crippen molar-refractivity contribution in [2.75, 3.05) is 24.7 Å². The zero-order valence-electron chi connectivity index (χ0n) is 20.4. The molecule has 2 N–H and O–H groups in total. The molecule has 0 saturated carbocycles. The van der Waals surface area contributed by atoms with E-state index < -0.39 is 22.0 Å². The number of nitrogens with zero attached hydrogens (tertiary/aromatic N) is 2. The van der Waals surface area contributed by atoms with E-state index in [-0.39, 0.29) is 22.3 Å². The largest absolute Gasteiger partial charge is 0.340 e. The molecule has 1 heterocycles. The molecule has 0 radical (unpaired) electrons. The van der Waals surface area contributed by atoms with Gasteiger partial charge in [-0.15, -0.1) is 11.3 Å². The summed E-state index contributed by atoms with van der Waals surface area (Å²) in [7, 11) is -3.71. The van der Waals surface area contributed by atoms with E-state index >= 15 is 0 Å². The number of hydrogen-bond acceptors (Lipinski definition) is 7. The number of aromatic nitrogens is 1. The van der Waals surface area contributed by atoms with Crippen LogP contribution in [0.3, 0.4) is 0 Å².